The number of nitrogens with zero attached hydrogens (tertiary/aromatic N) is 1. The van der Waals surface area contributed by atoms with E-state index < -0.39 is 0 Å². The molecule has 0 aliphatic heterocycles. The summed E-state index contributed by atoms with van der Waals surface area (Å²) in [6.45, 7) is 4.92. The smallest absolute Gasteiger partial charge is 0.255 e. The number of rotatable bonds is 6. The van der Waals surface area contributed by atoms with Gasteiger partial charge >= 0.3 is 0 Å². The molecule has 5 heteroatoms. The van der Waals surface area contributed by atoms with Crippen LogP contribution in [0.2, 0.25) is 0 Å². The Morgan fingerprint density at radius 1 is 1.30 bits per heavy atom. The first-order valence-electron chi connectivity index (χ1n) is 6.71. The summed E-state index contributed by atoms with van der Waals surface area (Å²) in [5, 5.41) is 0. The molecule has 0 saturated carbocycles. The Hall–Kier alpha value is -1.91. The summed E-state index contributed by atoms with van der Waals surface area (Å²) in [6.07, 6.45) is 1.03. The maximum absolute atomic E-state index is 12.4. The summed E-state index contributed by atoms with van der Waals surface area (Å²) in [4.78, 5) is 14.1. The number of nitrogens with two attached hydrogens (primary N) is 1. The van der Waals surface area contributed by atoms with Gasteiger partial charge in [-0.2, -0.15) is 0 Å². The first-order chi connectivity index (χ1) is 9.44. The lowest BCUT2D eigenvalue weighted by atomic mass is 10.1. The molecule has 2 N–H and O–H groups in total. The maximum atomic E-state index is 12.4. The van der Waals surface area contributed by atoms with E-state index in [1.807, 2.05) is 0 Å². The fourth-order valence-corrected chi connectivity index (χ4v) is 1.97. The average molecular weight is 280 g/mol. The number of anilines is 1. The average Bonchev–Trinajstić information content (AvgIpc) is 2.45. The second kappa shape index (κ2) is 7.03. The molecule has 1 amide bonds. The lowest BCUT2D eigenvalue weighted by Gasteiger charge is -2.22. The van der Waals surface area contributed by atoms with E-state index >= 15 is 0 Å². The minimum Gasteiger partial charge on any atom is -0.493 e. The molecule has 0 radical (unpaired) electrons. The summed E-state index contributed by atoms with van der Waals surface area (Å²) in [5.41, 5.74) is 6.77. The molecule has 0 spiro atoms. The number of carbonyl (C=O) groups is 1. The number of methoxy groups -OCH3 is 2. The number of hydrogen-bond donors (Lipinski definition) is 1. The Morgan fingerprint density at radius 2 is 1.85 bits per heavy atom. The van der Waals surface area contributed by atoms with Gasteiger partial charge in [-0.15, -0.1) is 0 Å². The second-order valence-corrected chi connectivity index (χ2v) is 4.99. The molecule has 0 saturated heterocycles. The van der Waals surface area contributed by atoms with Gasteiger partial charge in [0.2, 0.25) is 0 Å². The quantitative estimate of drug-likeness (QED) is 0.813. The van der Waals surface area contributed by atoms with Gasteiger partial charge in [-0.25, -0.2) is 0 Å². The van der Waals surface area contributed by atoms with Gasteiger partial charge in [0.1, 0.15) is 0 Å². The van der Waals surface area contributed by atoms with Crippen LogP contribution in [0.15, 0.2) is 12.1 Å². The van der Waals surface area contributed by atoms with Crippen molar-refractivity contribution in [2.45, 2.75) is 20.3 Å². The molecule has 1 rings (SSSR count). The first kappa shape index (κ1) is 16.1. The largest absolute Gasteiger partial charge is 0.493 e. The summed E-state index contributed by atoms with van der Waals surface area (Å²) in [5.74, 6) is 1.36. The molecule has 0 aliphatic rings. The van der Waals surface area contributed by atoms with Crippen LogP contribution in [0.3, 0.4) is 0 Å². The van der Waals surface area contributed by atoms with E-state index in [1.54, 1.807) is 24.1 Å². The fraction of sp³-hybridized carbons (Fsp3) is 0.533. The monoisotopic (exact) mass is 280 g/mol. The van der Waals surface area contributed by atoms with Gasteiger partial charge in [-0.3, -0.25) is 4.79 Å². The van der Waals surface area contributed by atoms with Crippen LogP contribution >= 0.6 is 0 Å². The maximum Gasteiger partial charge on any atom is 0.255 e. The Labute approximate surface area is 120 Å². The zero-order valence-corrected chi connectivity index (χ0v) is 12.9. The van der Waals surface area contributed by atoms with E-state index in [0.29, 0.717) is 35.2 Å². The summed E-state index contributed by atoms with van der Waals surface area (Å²) in [6, 6.07) is 3.24. The first-order valence-corrected chi connectivity index (χ1v) is 6.71. The number of ether oxygens (including phenoxy) is 2. The van der Waals surface area contributed by atoms with Gasteiger partial charge in [0.25, 0.3) is 5.91 Å². The minimum atomic E-state index is -0.108. The van der Waals surface area contributed by atoms with Crippen LogP contribution in [0.5, 0.6) is 11.5 Å². The summed E-state index contributed by atoms with van der Waals surface area (Å²) < 4.78 is 10.4. The van der Waals surface area contributed by atoms with E-state index in [2.05, 4.69) is 13.8 Å². The van der Waals surface area contributed by atoms with E-state index in [4.69, 9.17) is 15.2 Å². The van der Waals surface area contributed by atoms with E-state index in [0.717, 1.165) is 6.42 Å². The molecular formula is C15H24N2O3. The Bertz CT molecular complexity index is 474. The molecule has 112 valence electrons. The molecule has 0 fully saturated rings. The lowest BCUT2D eigenvalue weighted by molar-refractivity contribution is 0.0775. The van der Waals surface area contributed by atoms with Gasteiger partial charge in [-0.05, 0) is 12.0 Å². The molecular weight excluding hydrogens is 256 g/mol. The number of nitrogen functional groups attached to an aromatic ring is 1. The normalized spacial score (nSPS) is 11.8. The van der Waals surface area contributed by atoms with Crippen LogP contribution in [0.25, 0.3) is 0 Å². The number of hydrogen-bond acceptors (Lipinski definition) is 4. The van der Waals surface area contributed by atoms with Crippen molar-refractivity contribution in [1.82, 2.24) is 4.90 Å². The molecule has 1 aromatic rings. The highest BCUT2D eigenvalue weighted by atomic mass is 16.5. The van der Waals surface area contributed by atoms with Crippen molar-refractivity contribution in [2.24, 2.45) is 5.92 Å². The highest BCUT2D eigenvalue weighted by Gasteiger charge is 2.19. The van der Waals surface area contributed by atoms with Gasteiger partial charge in [-0.1, -0.05) is 20.3 Å². The molecule has 0 heterocycles. The standard InChI is InChI=1S/C15H24N2O3/c1-6-10(2)9-17(3)15(18)11-7-13(19-4)14(20-5)8-12(11)16/h7-8,10H,6,9,16H2,1-5H3. The van der Waals surface area contributed by atoms with Crippen molar-refractivity contribution in [3.8, 4) is 11.5 Å². The molecule has 0 aromatic heterocycles. The topological polar surface area (TPSA) is 64.8 Å². The Morgan fingerprint density at radius 3 is 2.35 bits per heavy atom. The summed E-state index contributed by atoms with van der Waals surface area (Å²) >= 11 is 0. The van der Waals surface area contributed by atoms with Crippen molar-refractivity contribution in [2.75, 3.05) is 33.5 Å². The van der Waals surface area contributed by atoms with Gasteiger partial charge in [0.15, 0.2) is 11.5 Å². The number of carbonyl (C=O) groups excluding carboxylic acids is 1. The fourth-order valence-electron chi connectivity index (χ4n) is 1.97. The molecule has 1 unspecified atom stereocenters. The molecule has 0 bridgehead atoms. The highest BCUT2D eigenvalue weighted by Crippen LogP contribution is 2.32. The number of amides is 1. The number of benzene rings is 1. The van der Waals surface area contributed by atoms with Crippen molar-refractivity contribution >= 4 is 11.6 Å². The van der Waals surface area contributed by atoms with Crippen LogP contribution in [-0.2, 0) is 0 Å². The van der Waals surface area contributed by atoms with Crippen LogP contribution in [0.1, 0.15) is 30.6 Å². The SMILES string of the molecule is CCC(C)CN(C)C(=O)c1cc(OC)c(OC)cc1N. The second-order valence-electron chi connectivity index (χ2n) is 4.99. The van der Waals surface area contributed by atoms with E-state index in [-0.39, 0.29) is 5.91 Å². The van der Waals surface area contributed by atoms with Crippen LogP contribution in [-0.4, -0.2) is 38.6 Å². The molecule has 1 aromatic carbocycles. The third kappa shape index (κ3) is 3.56. The minimum absolute atomic E-state index is 0.108. The molecule has 1 atom stereocenters. The van der Waals surface area contributed by atoms with Gasteiger partial charge < -0.3 is 20.1 Å². The molecule has 0 aliphatic carbocycles. The van der Waals surface area contributed by atoms with Gasteiger partial charge in [0.05, 0.1) is 19.8 Å². The predicted molar refractivity (Wildman–Crippen MR) is 80.4 cm³/mol. The van der Waals surface area contributed by atoms with Crippen molar-refractivity contribution < 1.29 is 14.3 Å². The van der Waals surface area contributed by atoms with Crippen molar-refractivity contribution in [3.05, 3.63) is 17.7 Å². The van der Waals surface area contributed by atoms with Crippen molar-refractivity contribution in [1.29, 1.82) is 0 Å². The Balaban J connectivity index is 3.03. The zero-order valence-electron chi connectivity index (χ0n) is 12.9. The van der Waals surface area contributed by atoms with E-state index in [9.17, 15) is 4.79 Å². The highest BCUT2D eigenvalue weighted by molar-refractivity contribution is 6.00. The summed E-state index contributed by atoms with van der Waals surface area (Å²) in [7, 11) is 4.85. The third-order valence-corrected chi connectivity index (χ3v) is 3.42. The third-order valence-electron chi connectivity index (χ3n) is 3.42. The van der Waals surface area contributed by atoms with Crippen LogP contribution in [0, 0.1) is 5.92 Å². The molecule has 20 heavy (non-hydrogen) atoms. The lowest BCUT2D eigenvalue weighted by Crippen LogP contribution is -2.31. The zero-order chi connectivity index (χ0) is 15.3. The molecule has 5 nitrogen and oxygen atoms in total. The van der Waals surface area contributed by atoms with Gasteiger partial charge in [0, 0.05) is 25.3 Å². The Kier molecular flexibility index (Phi) is 5.67. The van der Waals surface area contributed by atoms with Crippen molar-refractivity contribution in [3.63, 3.8) is 0 Å². The van der Waals surface area contributed by atoms with E-state index in [1.165, 1.54) is 14.2 Å². The van der Waals surface area contributed by atoms with Crippen LogP contribution < -0.4 is 15.2 Å². The van der Waals surface area contributed by atoms with Crippen LogP contribution in [0.4, 0.5) is 5.69 Å². The predicted octanol–water partition coefficient (Wildman–Crippen LogP) is 2.40.